The summed E-state index contributed by atoms with van der Waals surface area (Å²) in [6.07, 6.45) is 5.56. The van der Waals surface area contributed by atoms with Gasteiger partial charge >= 0.3 is 0 Å². The molecule has 4 bridgehead atoms. The summed E-state index contributed by atoms with van der Waals surface area (Å²) in [6.45, 7) is 14.4. The minimum atomic E-state index is 0.224. The highest BCUT2D eigenvalue weighted by atomic mass is 15.7. The largest absolute Gasteiger partial charge is 0.241 e. The van der Waals surface area contributed by atoms with E-state index in [1.807, 2.05) is 0 Å². The Balaban J connectivity index is 1.74. The van der Waals surface area contributed by atoms with Gasteiger partial charge < -0.3 is 0 Å². The zero-order chi connectivity index (χ0) is 17.6. The normalized spacial score (nSPS) is 45.0. The summed E-state index contributed by atoms with van der Waals surface area (Å²) < 4.78 is 0. The van der Waals surface area contributed by atoms with E-state index < -0.39 is 0 Å². The summed E-state index contributed by atoms with van der Waals surface area (Å²) >= 11 is 0. The van der Waals surface area contributed by atoms with Crippen molar-refractivity contribution in [2.45, 2.75) is 102 Å². The number of rotatable bonds is 0. The first-order chi connectivity index (χ1) is 11.0. The van der Waals surface area contributed by atoms with Crippen molar-refractivity contribution in [3.8, 4) is 0 Å². The van der Waals surface area contributed by atoms with Crippen LogP contribution in [0.2, 0.25) is 0 Å². The molecular formula is C20H38N4. The molecule has 6 atom stereocenters. The molecule has 4 nitrogen and oxygen atoms in total. The van der Waals surface area contributed by atoms with Crippen LogP contribution >= 0.6 is 0 Å². The summed E-state index contributed by atoms with van der Waals surface area (Å²) in [6, 6.07) is 2.90. The monoisotopic (exact) mass is 334 g/mol. The molecule has 6 fully saturated rings. The van der Waals surface area contributed by atoms with Crippen LogP contribution in [0, 0.1) is 11.8 Å². The molecular weight excluding hydrogens is 296 g/mol. The first-order valence-electron chi connectivity index (χ1n) is 10.1. The molecule has 0 spiro atoms. The summed E-state index contributed by atoms with van der Waals surface area (Å²) in [5, 5.41) is 10.8. The highest BCUT2D eigenvalue weighted by Crippen LogP contribution is 2.56. The second-order valence-electron chi connectivity index (χ2n) is 10.8. The molecule has 138 valence electrons. The Morgan fingerprint density at radius 3 is 1.12 bits per heavy atom. The Bertz CT molecular complexity index is 459. The maximum atomic E-state index is 2.75. The Morgan fingerprint density at radius 2 is 0.833 bits per heavy atom. The van der Waals surface area contributed by atoms with Crippen molar-refractivity contribution in [2.75, 3.05) is 14.1 Å². The van der Waals surface area contributed by atoms with Crippen LogP contribution in [0.5, 0.6) is 0 Å². The van der Waals surface area contributed by atoms with Crippen molar-refractivity contribution < 1.29 is 0 Å². The molecule has 0 amide bonds. The van der Waals surface area contributed by atoms with Gasteiger partial charge in [0.15, 0.2) is 0 Å². The smallest absolute Gasteiger partial charge is 0.0299 e. The van der Waals surface area contributed by atoms with Gasteiger partial charge in [-0.15, -0.1) is 0 Å². The number of hydrogen-bond donors (Lipinski definition) is 0. The predicted octanol–water partition coefficient (Wildman–Crippen LogP) is 3.20. The predicted molar refractivity (Wildman–Crippen MR) is 99.3 cm³/mol. The molecule has 6 rings (SSSR count). The lowest BCUT2D eigenvalue weighted by Crippen LogP contribution is -2.82. The second-order valence-corrected chi connectivity index (χ2v) is 10.8. The summed E-state index contributed by atoms with van der Waals surface area (Å²) in [5.74, 6) is 1.70. The first kappa shape index (κ1) is 17.3. The fraction of sp³-hybridized carbons (Fsp3) is 1.00. The topological polar surface area (TPSA) is 13.0 Å². The second kappa shape index (κ2) is 5.18. The average Bonchev–Trinajstić information content (AvgIpc) is 2.45. The van der Waals surface area contributed by atoms with Gasteiger partial charge in [0.25, 0.3) is 0 Å². The number of hydrogen-bond acceptors (Lipinski definition) is 4. The molecule has 24 heavy (non-hydrogen) atoms. The van der Waals surface area contributed by atoms with Crippen LogP contribution in [-0.4, -0.2) is 69.4 Å². The van der Waals surface area contributed by atoms with Crippen LogP contribution < -0.4 is 0 Å². The standard InChI is InChI=1S/C20H38N4/c1-19(2,3)23-15-11-9-13(21(23)7)18-16-12-10-14(17(15)18)22(8)24(16)20(4,5)6/h13-18H,9-12H2,1-8H3/t13-,14-,15+,16+,17-,18-/m1/s1. The molecule has 4 aliphatic heterocycles. The van der Waals surface area contributed by atoms with E-state index in [1.165, 1.54) is 25.7 Å². The molecule has 0 radical (unpaired) electrons. The minimum absolute atomic E-state index is 0.224. The fourth-order valence-corrected chi connectivity index (χ4v) is 7.16. The summed E-state index contributed by atoms with van der Waals surface area (Å²) in [4.78, 5) is 0. The quantitative estimate of drug-likeness (QED) is 0.674. The molecule has 0 aromatic rings. The molecule has 4 saturated heterocycles. The van der Waals surface area contributed by atoms with Crippen LogP contribution in [0.3, 0.4) is 0 Å². The minimum Gasteiger partial charge on any atom is -0.241 e. The van der Waals surface area contributed by atoms with Gasteiger partial charge in [0.1, 0.15) is 0 Å². The lowest BCUT2D eigenvalue weighted by Gasteiger charge is -2.72. The number of nitrogens with zero attached hydrogens (tertiary/aromatic N) is 4. The lowest BCUT2D eigenvalue weighted by atomic mass is 9.57. The van der Waals surface area contributed by atoms with Gasteiger partial charge in [-0.05, 0) is 79.1 Å². The third-order valence-electron chi connectivity index (χ3n) is 7.38. The van der Waals surface area contributed by atoms with Gasteiger partial charge in [0.05, 0.1) is 0 Å². The van der Waals surface area contributed by atoms with E-state index in [0.29, 0.717) is 0 Å². The van der Waals surface area contributed by atoms with Crippen molar-refractivity contribution in [3.05, 3.63) is 0 Å². The maximum absolute atomic E-state index is 2.75. The SMILES string of the molecule is CN1[C@@H]2CC[C@@H]([C@@H]3[C@H]2[C@@H]2CC[C@H]3N(C)N2C(C)(C)C)N1C(C)(C)C. The van der Waals surface area contributed by atoms with Crippen LogP contribution in [0.25, 0.3) is 0 Å². The molecule has 2 aliphatic carbocycles. The Hall–Kier alpha value is -0.160. The maximum Gasteiger partial charge on any atom is 0.0299 e. The third kappa shape index (κ3) is 2.19. The Kier molecular flexibility index (Phi) is 3.73. The van der Waals surface area contributed by atoms with Crippen molar-refractivity contribution in [3.63, 3.8) is 0 Å². The van der Waals surface area contributed by atoms with Crippen molar-refractivity contribution in [2.24, 2.45) is 11.8 Å². The average molecular weight is 335 g/mol. The molecule has 2 saturated carbocycles. The van der Waals surface area contributed by atoms with E-state index in [1.54, 1.807) is 0 Å². The Labute approximate surface area is 149 Å². The lowest BCUT2D eigenvalue weighted by molar-refractivity contribution is -0.315. The molecule has 0 aromatic carbocycles. The van der Waals surface area contributed by atoms with Crippen molar-refractivity contribution >= 4 is 0 Å². The van der Waals surface area contributed by atoms with Crippen molar-refractivity contribution in [1.29, 1.82) is 0 Å². The van der Waals surface area contributed by atoms with Gasteiger partial charge in [0.2, 0.25) is 0 Å². The van der Waals surface area contributed by atoms with Crippen LogP contribution in [0.4, 0.5) is 0 Å². The molecule has 4 heteroatoms. The molecule has 0 aromatic heterocycles. The molecule has 0 N–H and O–H groups in total. The van der Waals surface area contributed by atoms with E-state index in [0.717, 1.165) is 36.0 Å². The fourth-order valence-electron chi connectivity index (χ4n) is 7.16. The Morgan fingerprint density at radius 1 is 0.542 bits per heavy atom. The van der Waals surface area contributed by atoms with E-state index >= 15 is 0 Å². The van der Waals surface area contributed by atoms with Gasteiger partial charge in [-0.25, -0.2) is 20.0 Å². The van der Waals surface area contributed by atoms with Crippen molar-refractivity contribution in [1.82, 2.24) is 20.0 Å². The zero-order valence-corrected chi connectivity index (χ0v) is 17.1. The zero-order valence-electron chi connectivity index (χ0n) is 17.1. The molecule has 6 aliphatic rings. The molecule has 4 heterocycles. The third-order valence-corrected chi connectivity index (χ3v) is 7.38. The van der Waals surface area contributed by atoms with E-state index in [-0.39, 0.29) is 11.1 Å². The first-order valence-corrected chi connectivity index (χ1v) is 10.1. The van der Waals surface area contributed by atoms with Crippen LogP contribution in [-0.2, 0) is 0 Å². The molecule has 0 unspecified atom stereocenters. The summed E-state index contributed by atoms with van der Waals surface area (Å²) in [5.41, 5.74) is 0.448. The van der Waals surface area contributed by atoms with Gasteiger partial charge in [-0.1, -0.05) is 0 Å². The van der Waals surface area contributed by atoms with Gasteiger partial charge in [-0.3, -0.25) is 0 Å². The van der Waals surface area contributed by atoms with Gasteiger partial charge in [0, 0.05) is 49.3 Å². The van der Waals surface area contributed by atoms with E-state index in [4.69, 9.17) is 0 Å². The highest BCUT2D eigenvalue weighted by Gasteiger charge is 2.64. The van der Waals surface area contributed by atoms with Crippen LogP contribution in [0.1, 0.15) is 67.2 Å². The number of hydrazine groups is 2. The highest BCUT2D eigenvalue weighted by molar-refractivity contribution is 5.14. The van der Waals surface area contributed by atoms with Crippen LogP contribution in [0.15, 0.2) is 0 Å². The van der Waals surface area contributed by atoms with Gasteiger partial charge in [-0.2, -0.15) is 0 Å². The number of fused-ring (bicyclic) bond motifs is 4. The van der Waals surface area contributed by atoms with E-state index in [9.17, 15) is 0 Å². The summed E-state index contributed by atoms with van der Waals surface area (Å²) in [7, 11) is 4.73. The van der Waals surface area contributed by atoms with E-state index in [2.05, 4.69) is 75.7 Å².